The van der Waals surface area contributed by atoms with Crippen LogP contribution in [0.5, 0.6) is 0 Å². The minimum absolute atomic E-state index is 0.420. The molecule has 14 rings (SSSR count). The van der Waals surface area contributed by atoms with Crippen molar-refractivity contribution in [1.82, 2.24) is 34.9 Å². The Morgan fingerprint density at radius 1 is 0.157 bits per heavy atom. The van der Waals surface area contributed by atoms with Crippen molar-refractivity contribution < 1.29 is 0 Å². The predicted octanol–water partition coefficient (Wildman–Crippen LogP) is 39.3. The molecule has 0 saturated heterocycles. The summed E-state index contributed by atoms with van der Waals surface area (Å²) < 4.78 is 0. The zero-order valence-electron chi connectivity index (χ0n) is 93.2. The van der Waals surface area contributed by atoms with E-state index < -0.39 is 0 Å². The summed E-state index contributed by atoms with van der Waals surface area (Å²) in [6, 6.07) is 99.7. The number of pyridine rings is 1. The number of hydrogen-bond acceptors (Lipinski definition) is 7. The van der Waals surface area contributed by atoms with Gasteiger partial charge < -0.3 is 0 Å². The van der Waals surface area contributed by atoms with Gasteiger partial charge in [-0.25, -0.2) is 29.9 Å². The number of aromatic nitrogens is 7. The van der Waals surface area contributed by atoms with Gasteiger partial charge in [-0.05, 0) is 249 Å². The third kappa shape index (κ3) is 41.0. The van der Waals surface area contributed by atoms with Crippen LogP contribution in [0.2, 0.25) is 0 Å². The van der Waals surface area contributed by atoms with Crippen molar-refractivity contribution in [3.63, 3.8) is 0 Å². The normalized spacial score (nSPS) is 11.2. The van der Waals surface area contributed by atoms with Crippen LogP contribution in [0.4, 0.5) is 0 Å². The molecule has 14 aromatic rings. The van der Waals surface area contributed by atoms with E-state index in [9.17, 15) is 0 Å². The highest BCUT2D eigenvalue weighted by Crippen LogP contribution is 2.33. The van der Waals surface area contributed by atoms with Crippen LogP contribution in [-0.4, -0.2) is 34.9 Å². The molecule has 0 aliphatic rings. The molecule has 0 bridgehead atoms. The van der Waals surface area contributed by atoms with Gasteiger partial charge in [0.15, 0.2) is 0 Å². The number of nitrogens with zero attached hydrogens (tertiary/aromatic N) is 7. The van der Waals surface area contributed by atoms with Gasteiger partial charge in [-0.2, -0.15) is 0 Å². The minimum atomic E-state index is 0.420. The maximum Gasteiger partial charge on any atom is 0.131 e. The number of rotatable bonds is 25. The van der Waals surface area contributed by atoms with E-state index in [0.29, 0.717) is 107 Å². The summed E-state index contributed by atoms with van der Waals surface area (Å²) in [5.41, 5.74) is 34.6. The second-order valence-corrected chi connectivity index (χ2v) is 43.4. The van der Waals surface area contributed by atoms with Crippen LogP contribution in [0.15, 0.2) is 298 Å². The molecule has 0 fully saturated rings. The standard InChI is InChI=1S/2C19H24.3C18H22.C11H17N.3C10H16N2/c1-14(2)18-9-5-16(6-10-18)13-17-7-11-19(12-8-17)15(3)4;1-14(2)18-9-5-7-16(12-18)11-17-8-6-10-19(13-17)15(3)4;1-13(2)15-5-9-17(10-6-15)18-11-7-16(8-12-18)14(3)4;1-13(2)15-7-5-9-17(11-15)18-10-6-8-16(12-18)14(3)4;1-13(2)15-8-10-16(11-9-15)18-7-5-6-17(12-18)14(3)4;1-8(2)10-6-5-7-11(12-10)9(3)4;1-7(2)9-5-10(8(3)4)12-6-11-9;1-7(2)9-5-11-10(8(3)4)12-6-9;1-7(2)9-5-6-11-10(12-9)8(3)4/h5-12,14-15H,13H2,1-4H3;5-10,12-15H,11H2,1-4H3;3*5-14H,1-4H3;5-9H,1-4H3;3*5-8H,1-4H3. The van der Waals surface area contributed by atoms with Gasteiger partial charge in [0, 0.05) is 58.9 Å². The first-order valence-corrected chi connectivity index (χ1v) is 52.7. The quantitative estimate of drug-likeness (QED) is 0.0563. The van der Waals surface area contributed by atoms with Crippen molar-refractivity contribution in [3.8, 4) is 33.4 Å². The van der Waals surface area contributed by atoms with Gasteiger partial charge in [0.05, 0.1) is 0 Å². The second kappa shape index (κ2) is 60.0. The number of benzene rings is 10. The molecular formula is C133H179N7. The van der Waals surface area contributed by atoms with E-state index in [4.69, 9.17) is 0 Å². The molecule has 0 saturated carbocycles. The molecule has 10 aromatic carbocycles. The molecule has 0 unspecified atom stereocenters. The summed E-state index contributed by atoms with van der Waals surface area (Å²) in [7, 11) is 0. The van der Waals surface area contributed by atoms with Crippen molar-refractivity contribution in [2.45, 2.75) is 369 Å². The van der Waals surface area contributed by atoms with Gasteiger partial charge >= 0.3 is 0 Å². The van der Waals surface area contributed by atoms with Gasteiger partial charge in [0.25, 0.3) is 0 Å². The highest BCUT2D eigenvalue weighted by atomic mass is 14.9. The summed E-state index contributed by atoms with van der Waals surface area (Å²) in [5, 5.41) is 0. The summed E-state index contributed by atoms with van der Waals surface area (Å²) >= 11 is 0. The lowest BCUT2D eigenvalue weighted by molar-refractivity contribution is 0.729. The van der Waals surface area contributed by atoms with Crippen LogP contribution in [0.3, 0.4) is 0 Å². The minimum Gasteiger partial charge on any atom is -0.257 e. The molecule has 0 amide bonds. The summed E-state index contributed by atoms with van der Waals surface area (Å²) in [5.74, 6) is 11.7. The molecule has 7 heteroatoms. The lowest BCUT2D eigenvalue weighted by Gasteiger charge is -2.11. The highest BCUT2D eigenvalue weighted by molar-refractivity contribution is 5.67. The first-order valence-electron chi connectivity index (χ1n) is 52.7. The molecule has 7 nitrogen and oxygen atoms in total. The van der Waals surface area contributed by atoms with Crippen molar-refractivity contribution in [2.75, 3.05) is 0 Å². The Hall–Kier alpha value is -11.4. The fourth-order valence-corrected chi connectivity index (χ4v) is 15.1. The molecular weight excluding hydrogens is 1700 g/mol. The first kappa shape index (κ1) is 117. The molecule has 4 heterocycles. The molecule has 0 spiro atoms. The smallest absolute Gasteiger partial charge is 0.131 e. The van der Waals surface area contributed by atoms with E-state index in [0.717, 1.165) is 41.6 Å². The largest absolute Gasteiger partial charge is 0.257 e. The summed E-state index contributed by atoms with van der Waals surface area (Å²) in [6.45, 7) is 79.0. The lowest BCUT2D eigenvalue weighted by Crippen LogP contribution is -2.01. The lowest BCUT2D eigenvalue weighted by atomic mass is 9.94. The number of hydrogen-bond donors (Lipinski definition) is 0. The van der Waals surface area contributed by atoms with Crippen LogP contribution in [-0.2, 0) is 12.8 Å². The Labute approximate surface area is 852 Å². The highest BCUT2D eigenvalue weighted by Gasteiger charge is 2.15. The van der Waals surface area contributed by atoms with Gasteiger partial charge in [-0.1, -0.05) is 498 Å². The van der Waals surface area contributed by atoms with Crippen molar-refractivity contribution >= 4 is 0 Å². The fourth-order valence-electron chi connectivity index (χ4n) is 15.1. The molecule has 0 N–H and O–H groups in total. The zero-order chi connectivity index (χ0) is 104. The Kier molecular flexibility index (Phi) is 50.3. The second-order valence-electron chi connectivity index (χ2n) is 43.4. The predicted molar refractivity (Wildman–Crippen MR) is 611 cm³/mol. The van der Waals surface area contributed by atoms with E-state index in [1.165, 1.54) is 128 Å². The SMILES string of the molecule is CC(C)c1cc(C(C)C)ncn1.CC(C)c1ccc(-c2ccc(C(C)C)cc2)cc1.CC(C)c1ccc(-c2cccc(C(C)C)c2)cc1.CC(C)c1ccc(Cc2ccc(C(C)C)cc2)cc1.CC(C)c1cccc(-c2cccc(C(C)C)c2)c1.CC(C)c1cccc(C(C)C)n1.CC(C)c1cccc(Cc2cccc(C(C)C)c2)c1.CC(C)c1ccnc(C(C)C)n1.CC(C)c1cnc(C(C)C)nc1. The Morgan fingerprint density at radius 2 is 0.407 bits per heavy atom. The maximum atomic E-state index is 4.57. The van der Waals surface area contributed by atoms with Gasteiger partial charge in [0.2, 0.25) is 0 Å². The average Bonchev–Trinajstić information content (AvgIpc) is 0.834. The van der Waals surface area contributed by atoms with Crippen LogP contribution in [0.1, 0.15) is 479 Å². The van der Waals surface area contributed by atoms with Crippen LogP contribution < -0.4 is 0 Å². The van der Waals surface area contributed by atoms with E-state index in [2.05, 4.69) is 551 Å². The first-order chi connectivity index (χ1) is 66.3. The third-order valence-electron chi connectivity index (χ3n) is 25.3. The van der Waals surface area contributed by atoms with E-state index >= 15 is 0 Å². The van der Waals surface area contributed by atoms with Gasteiger partial charge in [-0.3, -0.25) is 4.98 Å². The summed E-state index contributed by atoms with van der Waals surface area (Å²) in [4.78, 5) is 30.2. The molecule has 746 valence electrons. The molecule has 0 radical (unpaired) electrons. The van der Waals surface area contributed by atoms with Crippen LogP contribution >= 0.6 is 0 Å². The van der Waals surface area contributed by atoms with Gasteiger partial charge in [-0.15, -0.1) is 0 Å². The monoisotopic (exact) mass is 1870 g/mol. The van der Waals surface area contributed by atoms with E-state index in [1.54, 1.807) is 6.33 Å². The van der Waals surface area contributed by atoms with E-state index in [1.807, 2.05) is 24.7 Å². The molecule has 0 atom stereocenters. The zero-order valence-corrected chi connectivity index (χ0v) is 93.2. The third-order valence-corrected chi connectivity index (χ3v) is 25.3. The van der Waals surface area contributed by atoms with E-state index in [-0.39, 0.29) is 0 Å². The average molecular weight is 1880 g/mol. The summed E-state index contributed by atoms with van der Waals surface area (Å²) in [6.07, 6.45) is 9.40. The van der Waals surface area contributed by atoms with Crippen molar-refractivity contribution in [1.29, 1.82) is 0 Å². The molecule has 0 aliphatic heterocycles. The van der Waals surface area contributed by atoms with Gasteiger partial charge in [0.1, 0.15) is 18.0 Å². The van der Waals surface area contributed by atoms with Crippen molar-refractivity contribution in [3.05, 3.63) is 421 Å². The molecule has 140 heavy (non-hydrogen) atoms. The van der Waals surface area contributed by atoms with Crippen LogP contribution in [0.25, 0.3) is 33.4 Å². The Morgan fingerprint density at radius 3 is 0.693 bits per heavy atom. The topological polar surface area (TPSA) is 90.2 Å². The van der Waals surface area contributed by atoms with Crippen LogP contribution in [0, 0.1) is 0 Å². The molecule has 0 aliphatic carbocycles. The fraction of sp³-hybridized carbons (Fsp3) is 0.421. The van der Waals surface area contributed by atoms with Crippen molar-refractivity contribution in [2.24, 2.45) is 0 Å². The maximum absolute atomic E-state index is 4.57. The molecule has 4 aromatic heterocycles. The Balaban J connectivity index is 0.000000243. The Bertz CT molecular complexity index is 5370.